The molecule has 3 heteroatoms. The van der Waals surface area contributed by atoms with E-state index < -0.39 is 0 Å². The van der Waals surface area contributed by atoms with Gasteiger partial charge in [0, 0.05) is 0 Å². The lowest BCUT2D eigenvalue weighted by molar-refractivity contribution is 0.298. The van der Waals surface area contributed by atoms with Gasteiger partial charge in [-0.15, -0.1) is 0 Å². The maximum Gasteiger partial charge on any atom is 0.122 e. The minimum Gasteiger partial charge on any atom is -0.492 e. The van der Waals surface area contributed by atoms with Gasteiger partial charge >= 0.3 is 0 Å². The summed E-state index contributed by atoms with van der Waals surface area (Å²) in [6.07, 6.45) is 1.03. The molecule has 0 bridgehead atoms. The van der Waals surface area contributed by atoms with E-state index in [9.17, 15) is 0 Å². The summed E-state index contributed by atoms with van der Waals surface area (Å²) in [6, 6.07) is 38.0. The molecule has 1 heterocycles. The largest absolute Gasteiger partial charge is 0.492 e. The predicted molar refractivity (Wildman–Crippen MR) is 135 cm³/mol. The molecule has 0 aliphatic heterocycles. The van der Waals surface area contributed by atoms with Crippen molar-refractivity contribution in [2.24, 2.45) is 0 Å². The normalized spacial score (nSPS) is 11.2. The summed E-state index contributed by atoms with van der Waals surface area (Å²) in [7, 11) is 0. The first-order valence-corrected chi connectivity index (χ1v) is 11.6. The summed E-state index contributed by atoms with van der Waals surface area (Å²) in [4.78, 5) is 5.12. The van der Waals surface area contributed by atoms with Crippen LogP contribution in [0.2, 0.25) is 0 Å². The highest BCUT2D eigenvalue weighted by Crippen LogP contribution is 2.33. The van der Waals surface area contributed by atoms with E-state index in [1.807, 2.05) is 0 Å². The van der Waals surface area contributed by atoms with Gasteiger partial charge in [0.1, 0.15) is 18.2 Å². The molecule has 0 unspecified atom stereocenters. The third-order valence-corrected chi connectivity index (χ3v) is 6.12. The molecule has 3 nitrogen and oxygen atoms in total. The number of aryl methyl sites for hydroxylation is 1. The van der Waals surface area contributed by atoms with Crippen LogP contribution in [0.5, 0.6) is 5.75 Å². The zero-order valence-electron chi connectivity index (χ0n) is 18.9. The SMILES string of the molecule is CCc1ccc(OCCn2c(C(c3ccccc3)c3ccccc3)nc3ccccc32)cc1. The topological polar surface area (TPSA) is 27.1 Å². The van der Waals surface area contributed by atoms with Gasteiger partial charge in [0.2, 0.25) is 0 Å². The Morgan fingerprint density at radius 1 is 0.727 bits per heavy atom. The molecule has 4 aromatic carbocycles. The average molecular weight is 433 g/mol. The van der Waals surface area contributed by atoms with Gasteiger partial charge in [-0.1, -0.05) is 91.9 Å². The standard InChI is InChI=1S/C30H28N2O/c1-2-23-17-19-26(20-18-23)33-22-21-32-28-16-10-9-15-27(28)31-30(32)29(24-11-5-3-6-12-24)25-13-7-4-8-14-25/h3-20,29H,2,21-22H2,1H3. The van der Waals surface area contributed by atoms with Crippen molar-refractivity contribution < 1.29 is 4.74 Å². The van der Waals surface area contributed by atoms with Gasteiger partial charge in [-0.2, -0.15) is 0 Å². The van der Waals surface area contributed by atoms with E-state index >= 15 is 0 Å². The van der Waals surface area contributed by atoms with Crippen LogP contribution < -0.4 is 4.74 Å². The molecule has 1 aromatic heterocycles. The fourth-order valence-electron chi connectivity index (χ4n) is 4.41. The van der Waals surface area contributed by atoms with Gasteiger partial charge in [0.25, 0.3) is 0 Å². The monoisotopic (exact) mass is 432 g/mol. The van der Waals surface area contributed by atoms with E-state index in [0.717, 1.165) is 35.6 Å². The zero-order valence-corrected chi connectivity index (χ0v) is 18.9. The fraction of sp³-hybridized carbons (Fsp3) is 0.167. The summed E-state index contributed by atoms with van der Waals surface area (Å²) < 4.78 is 8.45. The third-order valence-electron chi connectivity index (χ3n) is 6.12. The van der Waals surface area contributed by atoms with Gasteiger partial charge in [0.05, 0.1) is 23.5 Å². The number of hydrogen-bond acceptors (Lipinski definition) is 2. The second-order valence-corrected chi connectivity index (χ2v) is 8.21. The van der Waals surface area contributed by atoms with Crippen LogP contribution in [-0.4, -0.2) is 16.2 Å². The maximum absolute atomic E-state index is 6.13. The zero-order chi connectivity index (χ0) is 22.5. The maximum atomic E-state index is 6.13. The number of rotatable bonds is 8. The quantitative estimate of drug-likeness (QED) is 0.268. The number of imidazole rings is 1. The molecule has 5 rings (SSSR count). The highest BCUT2D eigenvalue weighted by molar-refractivity contribution is 5.76. The molecule has 0 spiro atoms. The number of hydrogen-bond donors (Lipinski definition) is 0. The number of para-hydroxylation sites is 2. The van der Waals surface area contributed by atoms with E-state index in [1.165, 1.54) is 16.7 Å². The number of aromatic nitrogens is 2. The van der Waals surface area contributed by atoms with Crippen LogP contribution in [0, 0.1) is 0 Å². The van der Waals surface area contributed by atoms with E-state index in [4.69, 9.17) is 9.72 Å². The molecule has 164 valence electrons. The Labute approximate surface area is 195 Å². The van der Waals surface area contributed by atoms with Crippen LogP contribution in [0.4, 0.5) is 0 Å². The summed E-state index contributed by atoms with van der Waals surface area (Å²) in [5.41, 5.74) is 5.93. The van der Waals surface area contributed by atoms with Crippen molar-refractivity contribution in [3.05, 3.63) is 132 Å². The number of fused-ring (bicyclic) bond motifs is 1. The Bertz CT molecular complexity index is 1270. The first-order valence-electron chi connectivity index (χ1n) is 11.6. The Balaban J connectivity index is 1.52. The van der Waals surface area contributed by atoms with Crippen molar-refractivity contribution >= 4 is 11.0 Å². The lowest BCUT2D eigenvalue weighted by atomic mass is 9.90. The first-order chi connectivity index (χ1) is 16.3. The van der Waals surface area contributed by atoms with Crippen molar-refractivity contribution in [2.45, 2.75) is 25.8 Å². The Morgan fingerprint density at radius 2 is 1.33 bits per heavy atom. The molecule has 0 radical (unpaired) electrons. The minimum atomic E-state index is 0.0450. The van der Waals surface area contributed by atoms with Crippen LogP contribution in [-0.2, 0) is 13.0 Å². The predicted octanol–water partition coefficient (Wildman–Crippen LogP) is 6.86. The van der Waals surface area contributed by atoms with Gasteiger partial charge in [-0.25, -0.2) is 4.98 Å². The van der Waals surface area contributed by atoms with Crippen LogP contribution in [0.25, 0.3) is 11.0 Å². The molecular weight excluding hydrogens is 404 g/mol. The first kappa shape index (κ1) is 21.0. The molecule has 0 N–H and O–H groups in total. The number of benzene rings is 4. The van der Waals surface area contributed by atoms with Gasteiger partial charge < -0.3 is 9.30 Å². The lowest BCUT2D eigenvalue weighted by Crippen LogP contribution is -2.15. The number of ether oxygens (including phenoxy) is 1. The smallest absolute Gasteiger partial charge is 0.122 e. The molecule has 33 heavy (non-hydrogen) atoms. The molecule has 0 amide bonds. The second kappa shape index (κ2) is 9.74. The van der Waals surface area contributed by atoms with E-state index in [2.05, 4.69) is 121 Å². The number of nitrogens with zero attached hydrogens (tertiary/aromatic N) is 2. The summed E-state index contributed by atoms with van der Waals surface area (Å²) in [6.45, 7) is 3.47. The van der Waals surface area contributed by atoms with Crippen molar-refractivity contribution in [1.82, 2.24) is 9.55 Å². The van der Waals surface area contributed by atoms with Gasteiger partial charge in [-0.05, 0) is 47.4 Å². The molecule has 0 aliphatic rings. The third kappa shape index (κ3) is 4.54. The highest BCUT2D eigenvalue weighted by atomic mass is 16.5. The molecule has 0 saturated carbocycles. The van der Waals surface area contributed by atoms with Crippen LogP contribution >= 0.6 is 0 Å². The van der Waals surface area contributed by atoms with Gasteiger partial charge in [0.15, 0.2) is 0 Å². The molecule has 5 aromatic rings. The fourth-order valence-corrected chi connectivity index (χ4v) is 4.41. The lowest BCUT2D eigenvalue weighted by Gasteiger charge is -2.20. The summed E-state index contributed by atoms with van der Waals surface area (Å²) in [5.74, 6) is 1.99. The van der Waals surface area contributed by atoms with Crippen LogP contribution in [0.15, 0.2) is 109 Å². The summed E-state index contributed by atoms with van der Waals surface area (Å²) >= 11 is 0. The van der Waals surface area contributed by atoms with Crippen LogP contribution in [0.1, 0.15) is 35.4 Å². The molecule has 0 atom stereocenters. The Kier molecular flexibility index (Phi) is 6.21. The molecule has 0 fully saturated rings. The Hall–Kier alpha value is -3.85. The van der Waals surface area contributed by atoms with E-state index in [0.29, 0.717) is 6.61 Å². The second-order valence-electron chi connectivity index (χ2n) is 8.21. The van der Waals surface area contributed by atoms with Gasteiger partial charge in [-0.3, -0.25) is 0 Å². The molecular formula is C30H28N2O. The Morgan fingerprint density at radius 3 is 1.97 bits per heavy atom. The van der Waals surface area contributed by atoms with E-state index in [-0.39, 0.29) is 5.92 Å². The van der Waals surface area contributed by atoms with E-state index in [1.54, 1.807) is 0 Å². The van der Waals surface area contributed by atoms with Crippen LogP contribution in [0.3, 0.4) is 0 Å². The van der Waals surface area contributed by atoms with Crippen molar-refractivity contribution in [1.29, 1.82) is 0 Å². The van der Waals surface area contributed by atoms with Crippen molar-refractivity contribution in [3.63, 3.8) is 0 Å². The molecule has 0 aliphatic carbocycles. The summed E-state index contributed by atoms with van der Waals surface area (Å²) in [5, 5.41) is 0. The van der Waals surface area contributed by atoms with Crippen molar-refractivity contribution in [2.75, 3.05) is 6.61 Å². The average Bonchev–Trinajstić information content (AvgIpc) is 3.24. The molecule has 0 saturated heterocycles. The minimum absolute atomic E-state index is 0.0450. The highest BCUT2D eigenvalue weighted by Gasteiger charge is 2.23. The van der Waals surface area contributed by atoms with Crippen molar-refractivity contribution in [3.8, 4) is 5.75 Å².